The molecule has 1 fully saturated rings. The number of aliphatic hydroxyl groups excluding tert-OH is 1. The first-order valence-electron chi connectivity index (χ1n) is 4.50. The number of aliphatic hydroxyl groups is 1. The Balaban J connectivity index is 2.26. The van der Waals surface area contributed by atoms with E-state index in [1.165, 1.54) is 0 Å². The van der Waals surface area contributed by atoms with Gasteiger partial charge in [0.15, 0.2) is 0 Å². The van der Waals surface area contributed by atoms with Gasteiger partial charge in [-0.1, -0.05) is 0 Å². The van der Waals surface area contributed by atoms with Crippen molar-refractivity contribution in [3.05, 3.63) is 0 Å². The molecule has 5 nitrogen and oxygen atoms in total. The zero-order valence-electron chi connectivity index (χ0n) is 7.53. The summed E-state index contributed by atoms with van der Waals surface area (Å²) >= 11 is 0. The number of amides is 1. The summed E-state index contributed by atoms with van der Waals surface area (Å²) in [6.07, 6.45) is 0.536. The van der Waals surface area contributed by atoms with Crippen molar-refractivity contribution >= 4 is 5.91 Å². The maximum Gasteiger partial charge on any atom is 0.250 e. The minimum atomic E-state index is -1.08. The Hall–Kier alpha value is -0.650. The molecule has 5 heteroatoms. The number of hydrogen-bond acceptors (Lipinski definition) is 4. The molecule has 76 valence electrons. The predicted molar refractivity (Wildman–Crippen MR) is 47.0 cm³/mol. The molecule has 1 heterocycles. The van der Waals surface area contributed by atoms with Crippen molar-refractivity contribution in [2.24, 2.45) is 5.73 Å². The Morgan fingerprint density at radius 1 is 1.62 bits per heavy atom. The molecule has 0 radical (unpaired) electrons. The van der Waals surface area contributed by atoms with E-state index in [1.54, 1.807) is 0 Å². The molecule has 0 aliphatic carbocycles. The predicted octanol–water partition coefficient (Wildman–Crippen LogP) is -1.40. The molecule has 13 heavy (non-hydrogen) atoms. The molecule has 1 aliphatic heterocycles. The number of carbonyl (C=O) groups is 1. The van der Waals surface area contributed by atoms with E-state index in [2.05, 4.69) is 5.32 Å². The first kappa shape index (κ1) is 10.4. The Labute approximate surface area is 77.2 Å². The van der Waals surface area contributed by atoms with E-state index >= 15 is 0 Å². The zero-order chi connectivity index (χ0) is 9.68. The van der Waals surface area contributed by atoms with Crippen molar-refractivity contribution < 1.29 is 14.6 Å². The Bertz CT molecular complexity index is 169. The van der Waals surface area contributed by atoms with Gasteiger partial charge in [-0.15, -0.1) is 0 Å². The summed E-state index contributed by atoms with van der Waals surface area (Å²) in [5.74, 6) is -0.380. The average molecular weight is 188 g/mol. The Kier molecular flexibility index (Phi) is 4.14. The highest BCUT2D eigenvalue weighted by Gasteiger charge is 2.19. The van der Waals surface area contributed by atoms with Gasteiger partial charge in [0.05, 0.1) is 0 Å². The van der Waals surface area contributed by atoms with E-state index in [4.69, 9.17) is 15.6 Å². The molecule has 1 aliphatic rings. The summed E-state index contributed by atoms with van der Waals surface area (Å²) in [5, 5.41) is 11.8. The third-order valence-electron chi connectivity index (χ3n) is 2.09. The van der Waals surface area contributed by atoms with Gasteiger partial charge in [0, 0.05) is 25.8 Å². The van der Waals surface area contributed by atoms with Crippen LogP contribution in [0.4, 0.5) is 0 Å². The highest BCUT2D eigenvalue weighted by Crippen LogP contribution is 2.05. The van der Waals surface area contributed by atoms with Crippen molar-refractivity contribution in [2.45, 2.75) is 25.0 Å². The van der Waals surface area contributed by atoms with Gasteiger partial charge in [0.25, 0.3) is 0 Å². The van der Waals surface area contributed by atoms with E-state index in [9.17, 15) is 4.79 Å². The molecule has 0 saturated carbocycles. The fraction of sp³-hybridized carbons (Fsp3) is 0.875. The number of nitrogens with one attached hydrogen (secondary N) is 1. The summed E-state index contributed by atoms with van der Waals surface area (Å²) in [4.78, 5) is 11.2. The molecule has 1 saturated heterocycles. The van der Waals surface area contributed by atoms with E-state index in [1.807, 2.05) is 0 Å². The standard InChI is InChI=1S/C8H16N2O3/c9-5-7(11)8(12)10-6-1-3-13-4-2-6/h6-7,11H,1-5,9H2,(H,10,12). The second kappa shape index (κ2) is 5.16. The minimum Gasteiger partial charge on any atom is -0.382 e. The molecular formula is C8H16N2O3. The van der Waals surface area contributed by atoms with Crippen LogP contribution in [0.3, 0.4) is 0 Å². The minimum absolute atomic E-state index is 0.0327. The summed E-state index contributed by atoms with van der Waals surface area (Å²) in [7, 11) is 0. The molecule has 0 aromatic heterocycles. The third kappa shape index (κ3) is 3.30. The van der Waals surface area contributed by atoms with Crippen LogP contribution in [-0.4, -0.2) is 42.9 Å². The lowest BCUT2D eigenvalue weighted by Crippen LogP contribution is -2.46. The normalized spacial score (nSPS) is 21.1. The average Bonchev–Trinajstić information content (AvgIpc) is 2.18. The third-order valence-corrected chi connectivity index (χ3v) is 2.09. The van der Waals surface area contributed by atoms with Crippen LogP contribution in [0.25, 0.3) is 0 Å². The van der Waals surface area contributed by atoms with Crippen LogP contribution in [-0.2, 0) is 9.53 Å². The van der Waals surface area contributed by atoms with Crippen LogP contribution in [0.2, 0.25) is 0 Å². The first-order valence-corrected chi connectivity index (χ1v) is 4.50. The molecule has 4 N–H and O–H groups in total. The zero-order valence-corrected chi connectivity index (χ0v) is 7.53. The van der Waals surface area contributed by atoms with Gasteiger partial charge in [0.1, 0.15) is 6.10 Å². The van der Waals surface area contributed by atoms with Crippen molar-refractivity contribution in [3.8, 4) is 0 Å². The van der Waals surface area contributed by atoms with E-state index in [0.717, 1.165) is 12.8 Å². The first-order chi connectivity index (χ1) is 6.24. The fourth-order valence-electron chi connectivity index (χ4n) is 1.25. The van der Waals surface area contributed by atoms with Gasteiger partial charge >= 0.3 is 0 Å². The van der Waals surface area contributed by atoms with Gasteiger partial charge in [-0.05, 0) is 12.8 Å². The number of carbonyl (C=O) groups excluding carboxylic acids is 1. The monoisotopic (exact) mass is 188 g/mol. The van der Waals surface area contributed by atoms with Gasteiger partial charge in [-0.3, -0.25) is 4.79 Å². The van der Waals surface area contributed by atoms with Crippen molar-refractivity contribution in [1.29, 1.82) is 0 Å². The van der Waals surface area contributed by atoms with Crippen LogP contribution in [0.15, 0.2) is 0 Å². The van der Waals surface area contributed by atoms with Crippen molar-refractivity contribution in [2.75, 3.05) is 19.8 Å². The van der Waals surface area contributed by atoms with E-state index < -0.39 is 6.10 Å². The molecule has 0 spiro atoms. The summed E-state index contributed by atoms with van der Waals surface area (Å²) in [6, 6.07) is 0.127. The lowest BCUT2D eigenvalue weighted by molar-refractivity contribution is -0.130. The lowest BCUT2D eigenvalue weighted by atomic mass is 10.1. The largest absolute Gasteiger partial charge is 0.382 e. The van der Waals surface area contributed by atoms with Crippen LogP contribution < -0.4 is 11.1 Å². The van der Waals surface area contributed by atoms with Crippen molar-refractivity contribution in [3.63, 3.8) is 0 Å². The SMILES string of the molecule is NCC(O)C(=O)NC1CCOCC1. The van der Waals surface area contributed by atoms with Gasteiger partial charge < -0.3 is 20.9 Å². The maximum atomic E-state index is 11.2. The highest BCUT2D eigenvalue weighted by atomic mass is 16.5. The molecule has 1 amide bonds. The molecule has 0 bridgehead atoms. The van der Waals surface area contributed by atoms with Crippen LogP contribution in [0.1, 0.15) is 12.8 Å². The van der Waals surface area contributed by atoms with Gasteiger partial charge in [0.2, 0.25) is 5.91 Å². The quantitative estimate of drug-likeness (QED) is 0.508. The number of nitrogens with two attached hydrogens (primary N) is 1. The molecular weight excluding hydrogens is 172 g/mol. The van der Waals surface area contributed by atoms with E-state index in [-0.39, 0.29) is 18.5 Å². The second-order valence-electron chi connectivity index (χ2n) is 3.15. The summed E-state index contributed by atoms with van der Waals surface area (Å²) in [5.41, 5.74) is 5.14. The topological polar surface area (TPSA) is 84.6 Å². The maximum absolute atomic E-state index is 11.2. The molecule has 1 rings (SSSR count). The fourth-order valence-corrected chi connectivity index (χ4v) is 1.25. The molecule has 0 aromatic carbocycles. The molecule has 1 atom stereocenters. The van der Waals surface area contributed by atoms with E-state index in [0.29, 0.717) is 13.2 Å². The summed E-state index contributed by atoms with van der Waals surface area (Å²) < 4.78 is 5.13. The van der Waals surface area contributed by atoms with Gasteiger partial charge in [-0.25, -0.2) is 0 Å². The highest BCUT2D eigenvalue weighted by molar-refractivity contribution is 5.80. The number of rotatable bonds is 3. The van der Waals surface area contributed by atoms with Crippen LogP contribution >= 0.6 is 0 Å². The number of ether oxygens (including phenoxy) is 1. The van der Waals surface area contributed by atoms with Crippen LogP contribution in [0, 0.1) is 0 Å². The molecule has 0 aromatic rings. The van der Waals surface area contributed by atoms with Crippen molar-refractivity contribution in [1.82, 2.24) is 5.32 Å². The molecule has 1 unspecified atom stereocenters. The Morgan fingerprint density at radius 3 is 2.77 bits per heavy atom. The lowest BCUT2D eigenvalue weighted by Gasteiger charge is -2.23. The van der Waals surface area contributed by atoms with Gasteiger partial charge in [-0.2, -0.15) is 0 Å². The Morgan fingerprint density at radius 2 is 2.23 bits per heavy atom. The summed E-state index contributed by atoms with van der Waals surface area (Å²) in [6.45, 7) is 1.31. The van der Waals surface area contributed by atoms with Crippen LogP contribution in [0.5, 0.6) is 0 Å². The second-order valence-corrected chi connectivity index (χ2v) is 3.15. The smallest absolute Gasteiger partial charge is 0.250 e. The number of hydrogen-bond donors (Lipinski definition) is 3.